The van der Waals surface area contributed by atoms with E-state index < -0.39 is 0 Å². The van der Waals surface area contributed by atoms with Gasteiger partial charge in [0.05, 0.1) is 0 Å². The molecule has 2 aromatic rings. The highest BCUT2D eigenvalue weighted by atomic mass is 14.9. The van der Waals surface area contributed by atoms with E-state index in [1.807, 2.05) is 38.5 Å². The summed E-state index contributed by atoms with van der Waals surface area (Å²) in [6.45, 7) is 1.98. The van der Waals surface area contributed by atoms with E-state index in [-0.39, 0.29) is 0 Å². The first kappa shape index (κ1) is 7.98. The van der Waals surface area contributed by atoms with Gasteiger partial charge in [0.1, 0.15) is 5.82 Å². The Hall–Kier alpha value is -1.64. The van der Waals surface area contributed by atoms with Crippen molar-refractivity contribution in [3.05, 3.63) is 30.2 Å². The van der Waals surface area contributed by atoms with Crippen LogP contribution < -0.4 is 5.32 Å². The van der Waals surface area contributed by atoms with E-state index in [4.69, 9.17) is 0 Å². The molecule has 3 heteroatoms. The summed E-state index contributed by atoms with van der Waals surface area (Å²) in [6.07, 6.45) is 3.73. The summed E-state index contributed by atoms with van der Waals surface area (Å²) >= 11 is 0. The number of rotatable bonds is 1. The maximum atomic E-state index is 4.23. The van der Waals surface area contributed by atoms with Gasteiger partial charge in [0.15, 0.2) is 0 Å². The molecule has 0 spiro atoms. The van der Waals surface area contributed by atoms with Crippen LogP contribution in [0.5, 0.6) is 0 Å². The molecular weight excluding hydrogens is 162 g/mol. The van der Waals surface area contributed by atoms with Crippen LogP contribution in [0.4, 0.5) is 5.82 Å². The van der Waals surface area contributed by atoms with Crippen molar-refractivity contribution in [3.8, 4) is 0 Å². The molecule has 0 amide bonds. The first-order valence-electron chi connectivity index (χ1n) is 4.20. The quantitative estimate of drug-likeness (QED) is 0.716. The van der Waals surface area contributed by atoms with Crippen LogP contribution in [0.3, 0.4) is 0 Å². The molecule has 66 valence electrons. The topological polar surface area (TPSA) is 37.8 Å². The van der Waals surface area contributed by atoms with Crippen LogP contribution in [-0.4, -0.2) is 17.0 Å². The second kappa shape index (κ2) is 3.01. The lowest BCUT2D eigenvalue weighted by molar-refractivity contribution is 1.21. The third-order valence-corrected chi connectivity index (χ3v) is 2.00. The van der Waals surface area contributed by atoms with Crippen LogP contribution in [0.25, 0.3) is 10.8 Å². The molecule has 0 radical (unpaired) electrons. The largest absolute Gasteiger partial charge is 0.373 e. The maximum absolute atomic E-state index is 4.23. The Kier molecular flexibility index (Phi) is 1.85. The van der Waals surface area contributed by atoms with Crippen LogP contribution in [0.2, 0.25) is 0 Å². The molecule has 0 aromatic carbocycles. The monoisotopic (exact) mass is 173 g/mol. The van der Waals surface area contributed by atoms with Crippen molar-refractivity contribution < 1.29 is 0 Å². The summed E-state index contributed by atoms with van der Waals surface area (Å²) in [6, 6.07) is 4.02. The zero-order valence-corrected chi connectivity index (χ0v) is 7.70. The van der Waals surface area contributed by atoms with Gasteiger partial charge in [-0.2, -0.15) is 0 Å². The standard InChI is InChI=1S/C10H11N3/c1-7-3-8-6-13-10(11-2)4-9(8)5-12-7/h3-6H,1-2H3,(H,11,13). The second-order valence-electron chi connectivity index (χ2n) is 2.99. The highest BCUT2D eigenvalue weighted by Crippen LogP contribution is 2.15. The lowest BCUT2D eigenvalue weighted by Crippen LogP contribution is -1.91. The first-order chi connectivity index (χ1) is 6.29. The lowest BCUT2D eigenvalue weighted by atomic mass is 10.2. The fourth-order valence-corrected chi connectivity index (χ4v) is 1.28. The number of aromatic nitrogens is 2. The van der Waals surface area contributed by atoms with Crippen LogP contribution in [0, 0.1) is 6.92 Å². The van der Waals surface area contributed by atoms with Crippen molar-refractivity contribution >= 4 is 16.6 Å². The summed E-state index contributed by atoms with van der Waals surface area (Å²) in [7, 11) is 1.86. The molecular formula is C10H11N3. The Morgan fingerprint density at radius 2 is 1.77 bits per heavy atom. The Morgan fingerprint density at radius 3 is 2.54 bits per heavy atom. The Balaban J connectivity index is 2.66. The summed E-state index contributed by atoms with van der Waals surface area (Å²) in [5.74, 6) is 0.873. The molecule has 0 unspecified atom stereocenters. The highest BCUT2D eigenvalue weighted by Gasteiger charge is 1.96. The molecule has 0 atom stereocenters. The van der Waals surface area contributed by atoms with E-state index in [9.17, 15) is 0 Å². The van der Waals surface area contributed by atoms with Crippen molar-refractivity contribution in [2.75, 3.05) is 12.4 Å². The molecule has 13 heavy (non-hydrogen) atoms. The molecule has 2 aromatic heterocycles. The lowest BCUT2D eigenvalue weighted by Gasteiger charge is -2.01. The van der Waals surface area contributed by atoms with Crippen molar-refractivity contribution in [3.63, 3.8) is 0 Å². The van der Waals surface area contributed by atoms with Gasteiger partial charge in [0.2, 0.25) is 0 Å². The van der Waals surface area contributed by atoms with Gasteiger partial charge < -0.3 is 5.32 Å². The second-order valence-corrected chi connectivity index (χ2v) is 2.99. The molecule has 2 rings (SSSR count). The van der Waals surface area contributed by atoms with Gasteiger partial charge in [-0.1, -0.05) is 0 Å². The predicted molar refractivity (Wildman–Crippen MR) is 53.8 cm³/mol. The van der Waals surface area contributed by atoms with Gasteiger partial charge in [0.25, 0.3) is 0 Å². The molecule has 3 nitrogen and oxygen atoms in total. The number of pyridine rings is 2. The van der Waals surface area contributed by atoms with E-state index in [2.05, 4.69) is 15.3 Å². The number of fused-ring (bicyclic) bond motifs is 1. The van der Waals surface area contributed by atoms with Crippen molar-refractivity contribution in [2.45, 2.75) is 6.92 Å². The summed E-state index contributed by atoms with van der Waals surface area (Å²) in [5.41, 5.74) is 1.02. The molecule has 0 saturated heterocycles. The molecule has 2 heterocycles. The third-order valence-electron chi connectivity index (χ3n) is 2.00. The van der Waals surface area contributed by atoms with Crippen LogP contribution in [-0.2, 0) is 0 Å². The fourth-order valence-electron chi connectivity index (χ4n) is 1.28. The van der Waals surface area contributed by atoms with E-state index >= 15 is 0 Å². The van der Waals surface area contributed by atoms with Crippen LogP contribution in [0.15, 0.2) is 24.5 Å². The average Bonchev–Trinajstić information content (AvgIpc) is 2.17. The van der Waals surface area contributed by atoms with Crippen molar-refractivity contribution in [2.24, 2.45) is 0 Å². The van der Waals surface area contributed by atoms with Crippen molar-refractivity contribution in [1.82, 2.24) is 9.97 Å². The van der Waals surface area contributed by atoms with Gasteiger partial charge in [0, 0.05) is 35.9 Å². The number of anilines is 1. The minimum absolute atomic E-state index is 0.873. The minimum Gasteiger partial charge on any atom is -0.373 e. The number of nitrogens with zero attached hydrogens (tertiary/aromatic N) is 2. The third kappa shape index (κ3) is 1.45. The Morgan fingerprint density at radius 1 is 1.08 bits per heavy atom. The molecule has 0 bridgehead atoms. The SMILES string of the molecule is CNc1cc2cnc(C)cc2cn1. The van der Waals surface area contributed by atoms with Gasteiger partial charge >= 0.3 is 0 Å². The molecule has 0 aliphatic carbocycles. The minimum atomic E-state index is 0.873. The van der Waals surface area contributed by atoms with E-state index in [0.29, 0.717) is 0 Å². The Bertz CT molecular complexity index is 437. The first-order valence-corrected chi connectivity index (χ1v) is 4.20. The van der Waals surface area contributed by atoms with Gasteiger partial charge in [-0.25, -0.2) is 4.98 Å². The zero-order chi connectivity index (χ0) is 9.26. The molecule has 1 N–H and O–H groups in total. The van der Waals surface area contributed by atoms with Gasteiger partial charge in [-0.15, -0.1) is 0 Å². The summed E-state index contributed by atoms with van der Waals surface area (Å²) in [4.78, 5) is 8.45. The van der Waals surface area contributed by atoms with Crippen LogP contribution in [0.1, 0.15) is 5.69 Å². The molecule has 0 saturated carbocycles. The molecule has 0 fully saturated rings. The highest BCUT2D eigenvalue weighted by molar-refractivity contribution is 5.83. The van der Waals surface area contributed by atoms with Gasteiger partial charge in [-0.05, 0) is 19.1 Å². The number of hydrogen-bond donors (Lipinski definition) is 1. The average molecular weight is 173 g/mol. The predicted octanol–water partition coefficient (Wildman–Crippen LogP) is 1.98. The maximum Gasteiger partial charge on any atom is 0.126 e. The zero-order valence-electron chi connectivity index (χ0n) is 7.70. The Labute approximate surface area is 76.8 Å². The number of aryl methyl sites for hydroxylation is 1. The number of nitrogens with one attached hydrogen (secondary N) is 1. The summed E-state index contributed by atoms with van der Waals surface area (Å²) in [5, 5.41) is 5.24. The molecule has 0 aliphatic rings. The fraction of sp³-hybridized carbons (Fsp3) is 0.200. The van der Waals surface area contributed by atoms with E-state index in [0.717, 1.165) is 22.3 Å². The molecule has 0 aliphatic heterocycles. The smallest absolute Gasteiger partial charge is 0.126 e. The van der Waals surface area contributed by atoms with Crippen molar-refractivity contribution in [1.29, 1.82) is 0 Å². The summed E-state index contributed by atoms with van der Waals surface area (Å²) < 4.78 is 0. The van der Waals surface area contributed by atoms with E-state index in [1.54, 1.807) is 0 Å². The normalized spacial score (nSPS) is 10.3. The van der Waals surface area contributed by atoms with Crippen LogP contribution >= 0.6 is 0 Å². The number of hydrogen-bond acceptors (Lipinski definition) is 3. The van der Waals surface area contributed by atoms with Gasteiger partial charge in [-0.3, -0.25) is 4.98 Å². The van der Waals surface area contributed by atoms with E-state index in [1.165, 1.54) is 0 Å².